The van der Waals surface area contributed by atoms with Gasteiger partial charge in [-0.1, -0.05) is 172 Å². The quantitative estimate of drug-likeness (QED) is 0.115. The van der Waals surface area contributed by atoms with Gasteiger partial charge in [-0.15, -0.1) is 0 Å². The Labute approximate surface area is 228 Å². The summed E-state index contributed by atoms with van der Waals surface area (Å²) in [5, 5.41) is 1.46. The first-order chi connectivity index (χ1) is 18.0. The lowest BCUT2D eigenvalue weighted by Crippen LogP contribution is -2.04. The first kappa shape index (κ1) is 31.8. The lowest BCUT2D eigenvalue weighted by Gasteiger charge is -2.11. The third-order valence-electron chi connectivity index (χ3n) is 7.77. The van der Waals surface area contributed by atoms with Gasteiger partial charge < -0.3 is 0 Å². The summed E-state index contributed by atoms with van der Waals surface area (Å²) in [5.74, 6) is 0. The van der Waals surface area contributed by atoms with E-state index in [2.05, 4.69) is 6.92 Å². The van der Waals surface area contributed by atoms with Crippen LogP contribution in [0.5, 0.6) is 0 Å². The van der Waals surface area contributed by atoms with E-state index in [0.29, 0.717) is 11.8 Å². The molecule has 210 valence electrons. The van der Waals surface area contributed by atoms with Crippen molar-refractivity contribution < 1.29 is 13.0 Å². The number of unbranched alkanes of at least 4 members (excludes halogenated alkanes) is 20. The van der Waals surface area contributed by atoms with Crippen LogP contribution in [-0.4, -0.2) is 13.0 Å². The van der Waals surface area contributed by atoms with Crippen LogP contribution in [-0.2, 0) is 16.5 Å². The minimum absolute atomic E-state index is 0.0961. The molecule has 0 atom stereocenters. The molecule has 2 aromatic rings. The average molecular weight is 531 g/mol. The molecule has 0 amide bonds. The van der Waals surface area contributed by atoms with Crippen molar-refractivity contribution in [2.24, 2.45) is 0 Å². The summed E-state index contributed by atoms with van der Waals surface area (Å²) >= 11 is 0. The number of hydrogen-bond donors (Lipinski definition) is 1. The molecule has 1 N–H and O–H groups in total. The largest absolute Gasteiger partial charge is 0.295 e. The summed E-state index contributed by atoms with van der Waals surface area (Å²) in [6, 6.07) is 11.2. The standard InChI is InChI=1S/C33H54O3S/c1-2-3-4-5-6-7-8-9-10-11-12-13-14-15-16-17-18-19-20-21-22-26-31-29-28-30-25-23-24-27-32(30)33(31)37(34,35)36/h23-25,27-29H,2-22,26H2,1H3,(H,34,35,36). The smallest absolute Gasteiger partial charge is 0.282 e. The number of aryl methyl sites for hydroxylation is 1. The Morgan fingerprint density at radius 2 is 0.946 bits per heavy atom. The third kappa shape index (κ3) is 13.8. The molecule has 0 saturated heterocycles. The molecule has 0 heterocycles. The van der Waals surface area contributed by atoms with Gasteiger partial charge in [0.25, 0.3) is 10.1 Å². The summed E-state index contributed by atoms with van der Waals surface area (Å²) < 4.78 is 33.9. The van der Waals surface area contributed by atoms with E-state index in [1.54, 1.807) is 6.07 Å². The van der Waals surface area contributed by atoms with Crippen LogP contribution in [0.3, 0.4) is 0 Å². The van der Waals surface area contributed by atoms with Gasteiger partial charge in [0.15, 0.2) is 0 Å². The lowest BCUT2D eigenvalue weighted by atomic mass is 10.0. The van der Waals surface area contributed by atoms with Gasteiger partial charge in [-0.2, -0.15) is 8.42 Å². The van der Waals surface area contributed by atoms with Crippen LogP contribution in [0.25, 0.3) is 10.8 Å². The van der Waals surface area contributed by atoms with Gasteiger partial charge in [-0.25, -0.2) is 0 Å². The average Bonchev–Trinajstić information content (AvgIpc) is 2.88. The van der Waals surface area contributed by atoms with Crippen molar-refractivity contribution in [2.45, 2.75) is 153 Å². The van der Waals surface area contributed by atoms with Gasteiger partial charge in [0.2, 0.25) is 0 Å². The summed E-state index contributed by atoms with van der Waals surface area (Å²) in [4.78, 5) is 0.0961. The van der Waals surface area contributed by atoms with Crippen molar-refractivity contribution in [2.75, 3.05) is 0 Å². The molecule has 37 heavy (non-hydrogen) atoms. The molecule has 2 aromatic carbocycles. The molecule has 2 rings (SSSR count). The topological polar surface area (TPSA) is 54.4 Å². The first-order valence-electron chi connectivity index (χ1n) is 15.5. The Kier molecular flexibility index (Phi) is 16.9. The van der Waals surface area contributed by atoms with Gasteiger partial charge in [0.05, 0.1) is 0 Å². The summed E-state index contributed by atoms with van der Waals surface area (Å²) in [6.07, 6.45) is 29.2. The SMILES string of the molecule is CCCCCCCCCCCCCCCCCCCCCCCc1ccc2ccccc2c1S(=O)(=O)O. The number of fused-ring (bicyclic) bond motifs is 1. The molecule has 0 fully saturated rings. The van der Waals surface area contributed by atoms with Crippen molar-refractivity contribution in [1.82, 2.24) is 0 Å². The number of benzene rings is 2. The minimum Gasteiger partial charge on any atom is -0.282 e. The highest BCUT2D eigenvalue weighted by Gasteiger charge is 2.18. The predicted molar refractivity (Wildman–Crippen MR) is 160 cm³/mol. The molecule has 0 unspecified atom stereocenters. The van der Waals surface area contributed by atoms with E-state index in [4.69, 9.17) is 0 Å². The van der Waals surface area contributed by atoms with E-state index < -0.39 is 10.1 Å². The molecular weight excluding hydrogens is 476 g/mol. The van der Waals surface area contributed by atoms with Gasteiger partial charge in [-0.05, 0) is 23.8 Å². The van der Waals surface area contributed by atoms with E-state index in [-0.39, 0.29) is 4.90 Å². The molecule has 0 aromatic heterocycles. The van der Waals surface area contributed by atoms with Crippen molar-refractivity contribution >= 4 is 20.9 Å². The van der Waals surface area contributed by atoms with Gasteiger partial charge in [0, 0.05) is 5.39 Å². The van der Waals surface area contributed by atoms with Crippen molar-refractivity contribution in [3.05, 3.63) is 42.0 Å². The zero-order valence-corrected chi connectivity index (χ0v) is 24.5. The minimum atomic E-state index is -4.24. The Hall–Kier alpha value is -1.39. The summed E-state index contributed by atoms with van der Waals surface area (Å²) in [6.45, 7) is 2.29. The van der Waals surface area contributed by atoms with Gasteiger partial charge in [0.1, 0.15) is 4.90 Å². The number of rotatable bonds is 23. The zero-order valence-electron chi connectivity index (χ0n) is 23.7. The molecular formula is C33H54O3S. The molecule has 0 saturated carbocycles. The van der Waals surface area contributed by atoms with Crippen LogP contribution in [0.4, 0.5) is 0 Å². The Morgan fingerprint density at radius 3 is 1.38 bits per heavy atom. The highest BCUT2D eigenvalue weighted by atomic mass is 32.2. The second-order valence-corrected chi connectivity index (χ2v) is 12.4. The Morgan fingerprint density at radius 1 is 0.541 bits per heavy atom. The Balaban J connectivity index is 1.41. The fraction of sp³-hybridized carbons (Fsp3) is 0.697. The molecule has 3 nitrogen and oxygen atoms in total. The predicted octanol–water partition coefficient (Wildman–Crippen LogP) is 10.8. The van der Waals surface area contributed by atoms with E-state index in [1.807, 2.05) is 30.3 Å². The van der Waals surface area contributed by atoms with E-state index in [0.717, 1.165) is 23.8 Å². The van der Waals surface area contributed by atoms with Crippen LogP contribution in [0.2, 0.25) is 0 Å². The van der Waals surface area contributed by atoms with Crippen LogP contribution in [0.1, 0.15) is 147 Å². The Bertz CT molecular complexity index is 951. The molecule has 0 spiro atoms. The van der Waals surface area contributed by atoms with E-state index in [1.165, 1.54) is 122 Å². The van der Waals surface area contributed by atoms with E-state index in [9.17, 15) is 13.0 Å². The molecule has 0 aliphatic rings. The van der Waals surface area contributed by atoms with Crippen molar-refractivity contribution in [3.63, 3.8) is 0 Å². The van der Waals surface area contributed by atoms with Crippen molar-refractivity contribution in [3.8, 4) is 0 Å². The molecule has 4 heteroatoms. The lowest BCUT2D eigenvalue weighted by molar-refractivity contribution is 0.482. The highest BCUT2D eigenvalue weighted by molar-refractivity contribution is 7.86. The summed E-state index contributed by atoms with van der Waals surface area (Å²) in [5.41, 5.74) is 0.735. The fourth-order valence-corrected chi connectivity index (χ4v) is 6.50. The normalized spacial score (nSPS) is 11.9. The van der Waals surface area contributed by atoms with Gasteiger partial charge in [-0.3, -0.25) is 4.55 Å². The van der Waals surface area contributed by atoms with Crippen LogP contribution in [0.15, 0.2) is 41.3 Å². The second kappa shape index (κ2) is 19.6. The van der Waals surface area contributed by atoms with Crippen LogP contribution < -0.4 is 0 Å². The second-order valence-electron chi connectivity index (χ2n) is 11.1. The number of hydrogen-bond acceptors (Lipinski definition) is 2. The maximum Gasteiger partial charge on any atom is 0.295 e. The third-order valence-corrected chi connectivity index (χ3v) is 8.77. The maximum absolute atomic E-state index is 12.0. The maximum atomic E-state index is 12.0. The molecule has 0 radical (unpaired) electrons. The molecule has 0 aliphatic carbocycles. The fourth-order valence-electron chi connectivity index (χ4n) is 5.54. The zero-order chi connectivity index (χ0) is 26.6. The van der Waals surface area contributed by atoms with Crippen LogP contribution >= 0.6 is 0 Å². The van der Waals surface area contributed by atoms with E-state index >= 15 is 0 Å². The molecule has 0 bridgehead atoms. The highest BCUT2D eigenvalue weighted by Crippen LogP contribution is 2.28. The summed E-state index contributed by atoms with van der Waals surface area (Å²) in [7, 11) is -4.24. The first-order valence-corrected chi connectivity index (χ1v) is 17.0. The monoisotopic (exact) mass is 530 g/mol. The van der Waals surface area contributed by atoms with Crippen molar-refractivity contribution in [1.29, 1.82) is 0 Å². The van der Waals surface area contributed by atoms with Gasteiger partial charge >= 0.3 is 0 Å². The molecule has 0 aliphatic heterocycles. The van der Waals surface area contributed by atoms with Crippen LogP contribution in [0, 0.1) is 0 Å².